The first-order chi connectivity index (χ1) is 13.9. The Morgan fingerprint density at radius 1 is 1.28 bits per heavy atom. The van der Waals surface area contributed by atoms with E-state index in [1.165, 1.54) is 22.5 Å². The van der Waals surface area contributed by atoms with Gasteiger partial charge in [0.05, 0.1) is 24.5 Å². The molecule has 4 rings (SSSR count). The summed E-state index contributed by atoms with van der Waals surface area (Å²) in [5, 5.41) is 0.670. The van der Waals surface area contributed by atoms with Crippen LogP contribution in [0.4, 0.5) is 5.69 Å². The van der Waals surface area contributed by atoms with Crippen LogP contribution >= 0.6 is 11.3 Å². The van der Waals surface area contributed by atoms with Crippen LogP contribution in [0, 0.1) is 20.8 Å². The van der Waals surface area contributed by atoms with Crippen molar-refractivity contribution in [3.05, 3.63) is 50.4 Å². The minimum atomic E-state index is -0.0721. The summed E-state index contributed by atoms with van der Waals surface area (Å²) in [7, 11) is 1.63. The highest BCUT2D eigenvalue weighted by Crippen LogP contribution is 2.38. The number of carbonyl (C=O) groups excluding carboxylic acids is 1. The lowest BCUT2D eigenvalue weighted by Gasteiger charge is -2.32. The minimum Gasteiger partial charge on any atom is -0.495 e. The van der Waals surface area contributed by atoms with E-state index in [0.717, 1.165) is 39.5 Å². The molecule has 2 aromatic heterocycles. The molecule has 1 aliphatic heterocycles. The number of hydrogen-bond donors (Lipinski definition) is 0. The first-order valence-electron chi connectivity index (χ1n) is 9.84. The Kier molecular flexibility index (Phi) is 5.17. The van der Waals surface area contributed by atoms with Crippen molar-refractivity contribution in [3.63, 3.8) is 0 Å². The van der Waals surface area contributed by atoms with E-state index in [0.29, 0.717) is 18.5 Å². The molecule has 3 aromatic rings. The highest BCUT2D eigenvalue weighted by molar-refractivity contribution is 7.18. The van der Waals surface area contributed by atoms with E-state index in [1.54, 1.807) is 18.0 Å². The largest absolute Gasteiger partial charge is 0.495 e. The average molecular weight is 412 g/mol. The predicted octanol–water partition coefficient (Wildman–Crippen LogP) is 3.76. The smallest absolute Gasteiger partial charge is 0.262 e. The quantitative estimate of drug-likeness (QED) is 0.656. The summed E-state index contributed by atoms with van der Waals surface area (Å²) >= 11 is 1.53. The fraction of sp³-hybridized carbons (Fsp3) is 0.409. The van der Waals surface area contributed by atoms with Gasteiger partial charge in [0.2, 0.25) is 5.91 Å². The maximum atomic E-state index is 13.1. The van der Waals surface area contributed by atoms with E-state index < -0.39 is 0 Å². The van der Waals surface area contributed by atoms with Crippen molar-refractivity contribution in [2.75, 3.05) is 18.6 Å². The number of benzene rings is 1. The molecule has 152 valence electrons. The summed E-state index contributed by atoms with van der Waals surface area (Å²) in [6.07, 6.45) is 3.67. The highest BCUT2D eigenvalue weighted by Gasteiger charge is 2.27. The van der Waals surface area contributed by atoms with E-state index in [2.05, 4.69) is 11.9 Å². The topological polar surface area (TPSA) is 64.4 Å². The van der Waals surface area contributed by atoms with Crippen LogP contribution in [0.15, 0.2) is 23.3 Å². The molecule has 1 aliphatic rings. The normalized spacial score (nSPS) is 13.6. The van der Waals surface area contributed by atoms with Gasteiger partial charge in [-0.25, -0.2) is 4.98 Å². The van der Waals surface area contributed by atoms with Crippen LogP contribution in [0.2, 0.25) is 0 Å². The Balaban J connectivity index is 1.60. The zero-order chi connectivity index (χ0) is 20.7. The molecule has 0 atom stereocenters. The van der Waals surface area contributed by atoms with Crippen molar-refractivity contribution in [3.8, 4) is 5.75 Å². The van der Waals surface area contributed by atoms with Gasteiger partial charge in [0, 0.05) is 24.4 Å². The van der Waals surface area contributed by atoms with Crippen LogP contribution in [0.3, 0.4) is 0 Å². The number of anilines is 1. The number of methoxy groups -OCH3 is 1. The molecular weight excluding hydrogens is 386 g/mol. The van der Waals surface area contributed by atoms with Gasteiger partial charge in [0.1, 0.15) is 10.6 Å². The monoisotopic (exact) mass is 411 g/mol. The molecule has 0 saturated carbocycles. The van der Waals surface area contributed by atoms with Crippen LogP contribution in [0.25, 0.3) is 10.2 Å². The molecule has 0 fully saturated rings. The van der Waals surface area contributed by atoms with Gasteiger partial charge in [-0.1, -0.05) is 6.07 Å². The molecule has 0 N–H and O–H groups in total. The van der Waals surface area contributed by atoms with Gasteiger partial charge in [-0.3, -0.25) is 14.2 Å². The SMILES string of the molecule is COc1ccc(C)c2c1N(C(=O)CCn1cnc3sc(C)c(C)c3c1=O)CCC2. The molecule has 7 heteroatoms. The third-order valence-corrected chi connectivity index (χ3v) is 6.92. The molecule has 6 nitrogen and oxygen atoms in total. The van der Waals surface area contributed by atoms with Crippen LogP contribution in [0.1, 0.15) is 34.4 Å². The van der Waals surface area contributed by atoms with Crippen molar-refractivity contribution >= 4 is 33.1 Å². The van der Waals surface area contributed by atoms with Gasteiger partial charge in [-0.05, 0) is 56.4 Å². The second kappa shape index (κ2) is 7.63. The van der Waals surface area contributed by atoms with Crippen LogP contribution < -0.4 is 15.2 Å². The van der Waals surface area contributed by atoms with Crippen molar-refractivity contribution in [2.45, 2.75) is 46.6 Å². The molecule has 29 heavy (non-hydrogen) atoms. The van der Waals surface area contributed by atoms with Crippen LogP contribution in [-0.4, -0.2) is 29.1 Å². The molecule has 0 unspecified atom stereocenters. The predicted molar refractivity (Wildman–Crippen MR) is 116 cm³/mol. The summed E-state index contributed by atoms with van der Waals surface area (Å²) in [6, 6.07) is 3.96. The average Bonchev–Trinajstić information content (AvgIpc) is 3.02. The summed E-state index contributed by atoms with van der Waals surface area (Å²) in [5.41, 5.74) is 4.14. The van der Waals surface area contributed by atoms with Gasteiger partial charge >= 0.3 is 0 Å². The number of carbonyl (C=O) groups is 1. The number of rotatable bonds is 4. The van der Waals surface area contributed by atoms with E-state index >= 15 is 0 Å². The van der Waals surface area contributed by atoms with Gasteiger partial charge < -0.3 is 9.64 Å². The maximum Gasteiger partial charge on any atom is 0.262 e. The Morgan fingerprint density at radius 2 is 2.07 bits per heavy atom. The van der Waals surface area contributed by atoms with Crippen molar-refractivity contribution in [1.82, 2.24) is 9.55 Å². The van der Waals surface area contributed by atoms with Crippen LogP contribution in [-0.2, 0) is 17.8 Å². The Hall–Kier alpha value is -2.67. The van der Waals surface area contributed by atoms with Gasteiger partial charge in [0.15, 0.2) is 0 Å². The first-order valence-corrected chi connectivity index (χ1v) is 10.7. The third-order valence-electron chi connectivity index (χ3n) is 5.80. The molecule has 1 aromatic carbocycles. The van der Waals surface area contributed by atoms with Crippen molar-refractivity contribution in [2.24, 2.45) is 0 Å². The Labute approximate surface area is 173 Å². The number of nitrogens with zero attached hydrogens (tertiary/aromatic N) is 3. The standard InChI is InChI=1S/C22H25N3O3S/c1-13-7-8-17(28-4)20-16(13)6-5-10-25(20)18(26)9-11-24-12-23-21-19(22(24)27)14(2)15(3)29-21/h7-8,12H,5-6,9-11H2,1-4H3. The number of amides is 1. The number of thiophene rings is 1. The van der Waals surface area contributed by atoms with E-state index in [-0.39, 0.29) is 17.9 Å². The van der Waals surface area contributed by atoms with E-state index in [4.69, 9.17) is 4.74 Å². The fourth-order valence-corrected chi connectivity index (χ4v) is 5.03. The molecule has 0 spiro atoms. The zero-order valence-electron chi connectivity index (χ0n) is 17.2. The number of ether oxygens (including phenoxy) is 1. The Morgan fingerprint density at radius 3 is 2.83 bits per heavy atom. The lowest BCUT2D eigenvalue weighted by molar-refractivity contribution is -0.118. The van der Waals surface area contributed by atoms with Crippen molar-refractivity contribution < 1.29 is 9.53 Å². The molecular formula is C22H25N3O3S. The minimum absolute atomic E-state index is 0.0000630. The van der Waals surface area contributed by atoms with Gasteiger partial charge in [0.25, 0.3) is 5.56 Å². The zero-order valence-corrected chi connectivity index (χ0v) is 18.1. The summed E-state index contributed by atoms with van der Waals surface area (Å²) < 4.78 is 7.09. The van der Waals surface area contributed by atoms with Crippen molar-refractivity contribution in [1.29, 1.82) is 0 Å². The number of aryl methyl sites for hydroxylation is 4. The molecule has 0 bridgehead atoms. The third kappa shape index (κ3) is 3.33. The second-order valence-electron chi connectivity index (χ2n) is 7.52. The number of fused-ring (bicyclic) bond motifs is 2. The summed E-state index contributed by atoms with van der Waals surface area (Å²) in [4.78, 5) is 34.1. The fourth-order valence-electron chi connectivity index (χ4n) is 4.05. The summed E-state index contributed by atoms with van der Waals surface area (Å²) in [6.45, 7) is 7.00. The molecule has 0 aliphatic carbocycles. The molecule has 0 radical (unpaired) electrons. The Bertz CT molecular complexity index is 1160. The number of aromatic nitrogens is 2. The number of hydrogen-bond acceptors (Lipinski definition) is 5. The molecule has 0 saturated heterocycles. The lowest BCUT2D eigenvalue weighted by Crippen LogP contribution is -2.37. The van der Waals surface area contributed by atoms with E-state index in [9.17, 15) is 9.59 Å². The second-order valence-corrected chi connectivity index (χ2v) is 8.72. The molecule has 3 heterocycles. The van der Waals surface area contributed by atoms with Crippen LogP contribution in [0.5, 0.6) is 5.75 Å². The first kappa shape index (κ1) is 19.6. The highest BCUT2D eigenvalue weighted by atomic mass is 32.1. The summed E-state index contributed by atoms with van der Waals surface area (Å²) in [5.74, 6) is 0.725. The van der Waals surface area contributed by atoms with Gasteiger partial charge in [-0.2, -0.15) is 0 Å². The van der Waals surface area contributed by atoms with E-state index in [1.807, 2.05) is 30.9 Å². The van der Waals surface area contributed by atoms with Gasteiger partial charge in [-0.15, -0.1) is 11.3 Å². The maximum absolute atomic E-state index is 13.1. The molecule has 1 amide bonds. The lowest BCUT2D eigenvalue weighted by atomic mass is 9.96.